The second-order valence-electron chi connectivity index (χ2n) is 7.91. The number of allylic oxidation sites excluding steroid dienone is 2. The zero-order chi connectivity index (χ0) is 22.0. The summed E-state index contributed by atoms with van der Waals surface area (Å²) in [6.07, 6.45) is 5.17. The van der Waals surface area contributed by atoms with Crippen LogP contribution in [0.1, 0.15) is 55.5 Å². The van der Waals surface area contributed by atoms with E-state index in [1.165, 1.54) is 12.1 Å². The first-order chi connectivity index (χ1) is 15.0. The number of aromatic nitrogens is 2. The van der Waals surface area contributed by atoms with E-state index in [2.05, 4.69) is 21.4 Å². The van der Waals surface area contributed by atoms with Gasteiger partial charge in [0.2, 0.25) is 0 Å². The average molecular weight is 427 g/mol. The second kappa shape index (κ2) is 9.06. The predicted octanol–water partition coefficient (Wildman–Crippen LogP) is 6.06. The molecule has 0 bridgehead atoms. The standard InChI is InChI=1S/C24H24F3N3O/c1-14(17-3-2-4-18(23(17)25)24(26)27)30-20-9-10-28-22-12-29-21(11-19(20)22)16-7-5-15(13-31)6-8-16/h2-4,7,9-12,14-15,24,31H,5-6,8,13H2,1H3,(H,28,30)/t14-,15?/m1/s1. The number of aliphatic hydroxyl groups is 1. The quantitative estimate of drug-likeness (QED) is 0.502. The SMILES string of the molecule is C[C@@H](Nc1ccnc2cnc(C3=CCC(CO)CC3)cc12)c1cccc(C(F)F)c1F. The van der Waals surface area contributed by atoms with Gasteiger partial charge >= 0.3 is 0 Å². The van der Waals surface area contributed by atoms with Crippen molar-refractivity contribution in [3.8, 4) is 0 Å². The van der Waals surface area contributed by atoms with Crippen LogP contribution >= 0.6 is 0 Å². The van der Waals surface area contributed by atoms with Crippen LogP contribution in [0.5, 0.6) is 0 Å². The number of alkyl halides is 2. The van der Waals surface area contributed by atoms with Crippen LogP contribution < -0.4 is 5.32 Å². The zero-order valence-electron chi connectivity index (χ0n) is 17.2. The fourth-order valence-electron chi connectivity index (χ4n) is 4.02. The Kier molecular flexibility index (Phi) is 6.23. The topological polar surface area (TPSA) is 58.0 Å². The maximum absolute atomic E-state index is 14.6. The Morgan fingerprint density at radius 1 is 1.19 bits per heavy atom. The molecule has 2 heterocycles. The van der Waals surface area contributed by atoms with Crippen LogP contribution in [0.4, 0.5) is 18.9 Å². The normalized spacial score (nSPS) is 17.6. The van der Waals surface area contributed by atoms with Gasteiger partial charge in [0.15, 0.2) is 0 Å². The van der Waals surface area contributed by atoms with Crippen LogP contribution in [0.15, 0.2) is 48.8 Å². The fraction of sp³-hybridized carbons (Fsp3) is 0.333. The maximum Gasteiger partial charge on any atom is 0.266 e. The van der Waals surface area contributed by atoms with Gasteiger partial charge in [0.1, 0.15) is 5.82 Å². The highest BCUT2D eigenvalue weighted by Crippen LogP contribution is 2.33. The van der Waals surface area contributed by atoms with Gasteiger partial charge in [-0.05, 0) is 49.8 Å². The number of hydrogen-bond acceptors (Lipinski definition) is 4. The molecule has 0 radical (unpaired) electrons. The number of nitrogens with one attached hydrogen (secondary N) is 1. The number of rotatable bonds is 6. The minimum absolute atomic E-state index is 0.182. The predicted molar refractivity (Wildman–Crippen MR) is 115 cm³/mol. The monoisotopic (exact) mass is 427 g/mol. The first kappa shape index (κ1) is 21.3. The summed E-state index contributed by atoms with van der Waals surface area (Å²) in [6.45, 7) is 1.93. The van der Waals surface area contributed by atoms with Gasteiger partial charge in [0.05, 0.1) is 29.0 Å². The molecule has 7 heteroatoms. The third-order valence-electron chi connectivity index (χ3n) is 5.87. The Bertz CT molecular complexity index is 1120. The molecule has 1 aliphatic rings. The number of benzene rings is 1. The largest absolute Gasteiger partial charge is 0.396 e. The van der Waals surface area contributed by atoms with Crippen molar-refractivity contribution >= 4 is 22.2 Å². The van der Waals surface area contributed by atoms with E-state index in [0.29, 0.717) is 11.4 Å². The van der Waals surface area contributed by atoms with E-state index in [1.54, 1.807) is 25.4 Å². The van der Waals surface area contributed by atoms with Crippen LogP contribution in [-0.2, 0) is 0 Å². The smallest absolute Gasteiger partial charge is 0.266 e. The fourth-order valence-corrected chi connectivity index (χ4v) is 4.02. The number of pyridine rings is 2. The third kappa shape index (κ3) is 4.42. The van der Waals surface area contributed by atoms with Gasteiger partial charge in [-0.3, -0.25) is 9.97 Å². The molecule has 2 atom stereocenters. The molecule has 3 aromatic rings. The first-order valence-electron chi connectivity index (χ1n) is 10.4. The average Bonchev–Trinajstić information content (AvgIpc) is 2.79. The van der Waals surface area contributed by atoms with E-state index in [4.69, 9.17) is 0 Å². The van der Waals surface area contributed by atoms with Crippen molar-refractivity contribution in [1.29, 1.82) is 0 Å². The molecule has 4 rings (SSSR count). The van der Waals surface area contributed by atoms with Gasteiger partial charge in [-0.25, -0.2) is 13.2 Å². The van der Waals surface area contributed by atoms with E-state index in [1.807, 2.05) is 6.07 Å². The molecule has 0 aliphatic heterocycles. The van der Waals surface area contributed by atoms with E-state index >= 15 is 0 Å². The van der Waals surface area contributed by atoms with Crippen LogP contribution in [0.3, 0.4) is 0 Å². The molecule has 162 valence electrons. The number of anilines is 1. The zero-order valence-corrected chi connectivity index (χ0v) is 17.2. The summed E-state index contributed by atoms with van der Waals surface area (Å²) in [5, 5.41) is 13.4. The lowest BCUT2D eigenvalue weighted by Gasteiger charge is -2.21. The first-order valence-corrected chi connectivity index (χ1v) is 10.4. The number of hydrogen-bond donors (Lipinski definition) is 2. The van der Waals surface area contributed by atoms with Crippen molar-refractivity contribution in [2.45, 2.75) is 38.7 Å². The molecule has 0 saturated heterocycles. The highest BCUT2D eigenvalue weighted by atomic mass is 19.3. The number of nitrogens with zero attached hydrogens (tertiary/aromatic N) is 2. The van der Waals surface area contributed by atoms with E-state index < -0.39 is 23.8 Å². The summed E-state index contributed by atoms with van der Waals surface area (Å²) < 4.78 is 40.8. The lowest BCUT2D eigenvalue weighted by Crippen LogP contribution is -2.11. The van der Waals surface area contributed by atoms with Gasteiger partial charge in [-0.1, -0.05) is 24.3 Å². The van der Waals surface area contributed by atoms with Crippen LogP contribution in [-0.4, -0.2) is 21.7 Å². The Morgan fingerprint density at radius 3 is 2.71 bits per heavy atom. The molecular weight excluding hydrogens is 403 g/mol. The summed E-state index contributed by atoms with van der Waals surface area (Å²) in [4.78, 5) is 8.90. The summed E-state index contributed by atoms with van der Waals surface area (Å²) in [7, 11) is 0. The van der Waals surface area contributed by atoms with Gasteiger partial charge < -0.3 is 10.4 Å². The molecule has 0 fully saturated rings. The van der Waals surface area contributed by atoms with Crippen molar-refractivity contribution in [2.75, 3.05) is 11.9 Å². The Hall–Kier alpha value is -2.93. The lowest BCUT2D eigenvalue weighted by molar-refractivity contribution is 0.146. The Balaban J connectivity index is 1.65. The van der Waals surface area contributed by atoms with Crippen molar-refractivity contribution in [3.05, 3.63) is 71.4 Å². The van der Waals surface area contributed by atoms with Crippen LogP contribution in [0, 0.1) is 11.7 Å². The molecule has 31 heavy (non-hydrogen) atoms. The van der Waals surface area contributed by atoms with Gasteiger partial charge in [-0.2, -0.15) is 0 Å². The number of aliphatic hydroxyl groups excluding tert-OH is 1. The van der Waals surface area contributed by atoms with Gasteiger partial charge in [0, 0.05) is 29.4 Å². The highest BCUT2D eigenvalue weighted by Gasteiger charge is 2.20. The lowest BCUT2D eigenvalue weighted by atomic mass is 9.88. The second-order valence-corrected chi connectivity index (χ2v) is 7.91. The third-order valence-corrected chi connectivity index (χ3v) is 5.87. The van der Waals surface area contributed by atoms with Gasteiger partial charge in [0.25, 0.3) is 6.43 Å². The molecular formula is C24H24F3N3O. The van der Waals surface area contributed by atoms with E-state index in [-0.39, 0.29) is 12.2 Å². The molecule has 0 amide bonds. The number of halogens is 3. The van der Waals surface area contributed by atoms with E-state index in [0.717, 1.165) is 47.7 Å². The molecule has 1 unspecified atom stereocenters. The Labute approximate surface area is 178 Å². The van der Waals surface area contributed by atoms with Crippen molar-refractivity contribution in [3.63, 3.8) is 0 Å². The maximum atomic E-state index is 14.6. The summed E-state index contributed by atoms with van der Waals surface area (Å²) in [5.74, 6) is -0.591. The number of fused-ring (bicyclic) bond motifs is 1. The molecule has 1 aromatic carbocycles. The van der Waals surface area contributed by atoms with Crippen molar-refractivity contribution in [2.24, 2.45) is 5.92 Å². The van der Waals surface area contributed by atoms with Crippen LogP contribution in [0.25, 0.3) is 16.5 Å². The molecule has 0 spiro atoms. The minimum Gasteiger partial charge on any atom is -0.396 e. The summed E-state index contributed by atoms with van der Waals surface area (Å²) >= 11 is 0. The Morgan fingerprint density at radius 2 is 2.00 bits per heavy atom. The van der Waals surface area contributed by atoms with Gasteiger partial charge in [-0.15, -0.1) is 0 Å². The molecule has 0 saturated carbocycles. The molecule has 4 nitrogen and oxygen atoms in total. The molecule has 1 aliphatic carbocycles. The minimum atomic E-state index is -2.86. The summed E-state index contributed by atoms with van der Waals surface area (Å²) in [5.41, 5.74) is 2.98. The van der Waals surface area contributed by atoms with Crippen LogP contribution in [0.2, 0.25) is 0 Å². The van der Waals surface area contributed by atoms with Crippen molar-refractivity contribution < 1.29 is 18.3 Å². The van der Waals surface area contributed by atoms with E-state index in [9.17, 15) is 18.3 Å². The van der Waals surface area contributed by atoms with Crippen molar-refractivity contribution in [1.82, 2.24) is 9.97 Å². The summed E-state index contributed by atoms with van der Waals surface area (Å²) in [6, 6.07) is 7.28. The highest BCUT2D eigenvalue weighted by molar-refractivity contribution is 5.92. The molecule has 2 N–H and O–H groups in total. The molecule has 2 aromatic heterocycles.